The number of nitrogens with one attached hydrogen (secondary N) is 1. The SMILES string of the molecule is O=C(CC1(Cn2cnnn2)CCCCC1)NCC1CCCO1. The lowest BCUT2D eigenvalue weighted by Gasteiger charge is -2.36. The zero-order valence-electron chi connectivity index (χ0n) is 13.0. The van der Waals surface area contributed by atoms with Gasteiger partial charge in [0, 0.05) is 19.6 Å². The van der Waals surface area contributed by atoms with E-state index in [0.717, 1.165) is 38.8 Å². The van der Waals surface area contributed by atoms with Crippen molar-refractivity contribution in [2.75, 3.05) is 13.2 Å². The Morgan fingerprint density at radius 1 is 1.32 bits per heavy atom. The summed E-state index contributed by atoms with van der Waals surface area (Å²) in [6.07, 6.45) is 10.3. The number of carbonyl (C=O) groups is 1. The van der Waals surface area contributed by atoms with E-state index in [-0.39, 0.29) is 17.4 Å². The Bertz CT molecular complexity index is 464. The molecule has 0 bridgehead atoms. The molecule has 1 saturated heterocycles. The average Bonchev–Trinajstić information content (AvgIpc) is 3.19. The van der Waals surface area contributed by atoms with Gasteiger partial charge in [0.1, 0.15) is 6.33 Å². The summed E-state index contributed by atoms with van der Waals surface area (Å²) in [5.41, 5.74) is -0.00571. The highest BCUT2D eigenvalue weighted by Gasteiger charge is 2.35. The second-order valence-corrected chi connectivity index (χ2v) is 6.68. The van der Waals surface area contributed by atoms with Gasteiger partial charge in [0.25, 0.3) is 0 Å². The van der Waals surface area contributed by atoms with E-state index in [1.807, 2.05) is 0 Å². The molecule has 7 nitrogen and oxygen atoms in total. The van der Waals surface area contributed by atoms with Crippen LogP contribution in [0.15, 0.2) is 6.33 Å². The first-order valence-electron chi connectivity index (χ1n) is 8.35. The number of nitrogens with zero attached hydrogens (tertiary/aromatic N) is 4. The second kappa shape index (κ2) is 7.17. The molecule has 1 aromatic heterocycles. The summed E-state index contributed by atoms with van der Waals surface area (Å²) in [7, 11) is 0. The van der Waals surface area contributed by atoms with Crippen molar-refractivity contribution in [3.63, 3.8) is 0 Å². The van der Waals surface area contributed by atoms with Crippen LogP contribution in [0.1, 0.15) is 51.4 Å². The van der Waals surface area contributed by atoms with Gasteiger partial charge in [-0.15, -0.1) is 5.10 Å². The highest BCUT2D eigenvalue weighted by atomic mass is 16.5. The first-order chi connectivity index (χ1) is 10.8. The lowest BCUT2D eigenvalue weighted by atomic mass is 9.71. The smallest absolute Gasteiger partial charge is 0.220 e. The molecule has 7 heteroatoms. The van der Waals surface area contributed by atoms with Gasteiger partial charge in [-0.05, 0) is 41.5 Å². The molecule has 1 amide bonds. The summed E-state index contributed by atoms with van der Waals surface area (Å²) >= 11 is 0. The summed E-state index contributed by atoms with van der Waals surface area (Å²) in [4.78, 5) is 12.4. The van der Waals surface area contributed by atoms with Crippen LogP contribution in [-0.4, -0.2) is 45.4 Å². The summed E-state index contributed by atoms with van der Waals surface area (Å²) in [5, 5.41) is 14.4. The Labute approximate surface area is 130 Å². The van der Waals surface area contributed by atoms with Crippen LogP contribution in [0.2, 0.25) is 0 Å². The molecule has 22 heavy (non-hydrogen) atoms. The first-order valence-corrected chi connectivity index (χ1v) is 8.35. The predicted octanol–water partition coefficient (Wildman–Crippen LogP) is 1.31. The molecule has 0 spiro atoms. The van der Waals surface area contributed by atoms with Crippen LogP contribution in [-0.2, 0) is 16.1 Å². The van der Waals surface area contributed by atoms with E-state index in [9.17, 15) is 4.79 Å². The molecular formula is C15H25N5O2. The second-order valence-electron chi connectivity index (χ2n) is 6.68. The number of carbonyl (C=O) groups excluding carboxylic acids is 1. The molecule has 2 fully saturated rings. The molecule has 0 aromatic carbocycles. The molecule has 0 radical (unpaired) electrons. The van der Waals surface area contributed by atoms with E-state index >= 15 is 0 Å². The Morgan fingerprint density at radius 3 is 2.86 bits per heavy atom. The molecule has 1 saturated carbocycles. The van der Waals surface area contributed by atoms with Gasteiger partial charge in [-0.3, -0.25) is 4.79 Å². The van der Waals surface area contributed by atoms with Crippen molar-refractivity contribution >= 4 is 5.91 Å². The van der Waals surface area contributed by atoms with E-state index in [1.54, 1.807) is 11.0 Å². The van der Waals surface area contributed by atoms with Crippen LogP contribution < -0.4 is 5.32 Å². The van der Waals surface area contributed by atoms with Crippen molar-refractivity contribution < 1.29 is 9.53 Å². The Hall–Kier alpha value is -1.50. The maximum absolute atomic E-state index is 12.4. The summed E-state index contributed by atoms with van der Waals surface area (Å²) in [6.45, 7) is 2.19. The van der Waals surface area contributed by atoms with Gasteiger partial charge in [0.15, 0.2) is 0 Å². The van der Waals surface area contributed by atoms with Crippen molar-refractivity contribution in [3.8, 4) is 0 Å². The highest BCUT2D eigenvalue weighted by molar-refractivity contribution is 5.76. The van der Waals surface area contributed by atoms with Crippen LogP contribution in [0.4, 0.5) is 0 Å². The zero-order chi connectivity index (χ0) is 15.3. The summed E-state index contributed by atoms with van der Waals surface area (Å²) < 4.78 is 7.32. The van der Waals surface area contributed by atoms with E-state index in [1.165, 1.54) is 19.3 Å². The normalized spacial score (nSPS) is 24.3. The zero-order valence-corrected chi connectivity index (χ0v) is 13.0. The standard InChI is InChI=1S/C15H25N5O2/c21-14(16-10-13-5-4-8-22-13)9-15(6-2-1-3-7-15)11-20-12-17-18-19-20/h12-13H,1-11H2,(H,16,21). The van der Waals surface area contributed by atoms with Crippen molar-refractivity contribution in [1.29, 1.82) is 0 Å². The lowest BCUT2D eigenvalue weighted by Crippen LogP contribution is -2.39. The maximum atomic E-state index is 12.4. The molecule has 1 N–H and O–H groups in total. The molecule has 1 aromatic rings. The van der Waals surface area contributed by atoms with Crippen LogP contribution in [0.25, 0.3) is 0 Å². The third kappa shape index (κ3) is 4.03. The summed E-state index contributed by atoms with van der Waals surface area (Å²) in [5.74, 6) is 0.130. The largest absolute Gasteiger partial charge is 0.376 e. The Kier molecular flexibility index (Phi) is 5.02. The molecule has 1 unspecified atom stereocenters. The van der Waals surface area contributed by atoms with E-state index in [0.29, 0.717) is 13.0 Å². The van der Waals surface area contributed by atoms with E-state index in [2.05, 4.69) is 20.8 Å². The minimum absolute atomic E-state index is 0.00571. The van der Waals surface area contributed by atoms with Crippen molar-refractivity contribution in [3.05, 3.63) is 6.33 Å². The van der Waals surface area contributed by atoms with Gasteiger partial charge in [-0.25, -0.2) is 4.68 Å². The Balaban J connectivity index is 1.55. The van der Waals surface area contributed by atoms with Crippen molar-refractivity contribution in [2.24, 2.45) is 5.41 Å². The molecular weight excluding hydrogens is 282 g/mol. The number of tetrazole rings is 1. The highest BCUT2D eigenvalue weighted by Crippen LogP contribution is 2.40. The molecule has 122 valence electrons. The fraction of sp³-hybridized carbons (Fsp3) is 0.867. The van der Waals surface area contributed by atoms with Gasteiger partial charge in [0.05, 0.1) is 12.6 Å². The van der Waals surface area contributed by atoms with Crippen LogP contribution in [0, 0.1) is 5.41 Å². The van der Waals surface area contributed by atoms with Crippen LogP contribution >= 0.6 is 0 Å². The van der Waals surface area contributed by atoms with Crippen LogP contribution in [0.3, 0.4) is 0 Å². The van der Waals surface area contributed by atoms with Gasteiger partial charge >= 0.3 is 0 Å². The molecule has 1 aliphatic heterocycles. The third-order valence-corrected chi connectivity index (χ3v) is 4.89. The number of rotatable bonds is 6. The topological polar surface area (TPSA) is 81.9 Å². The number of ether oxygens (including phenoxy) is 1. The van der Waals surface area contributed by atoms with Gasteiger partial charge in [0.2, 0.25) is 5.91 Å². The first kappa shape index (κ1) is 15.4. The average molecular weight is 307 g/mol. The fourth-order valence-electron chi connectivity index (χ4n) is 3.73. The number of hydrogen-bond donors (Lipinski definition) is 1. The third-order valence-electron chi connectivity index (χ3n) is 4.89. The van der Waals surface area contributed by atoms with Crippen LogP contribution in [0.5, 0.6) is 0 Å². The molecule has 1 atom stereocenters. The fourth-order valence-corrected chi connectivity index (χ4v) is 3.73. The minimum Gasteiger partial charge on any atom is -0.376 e. The molecule has 2 aliphatic rings. The number of aromatic nitrogens is 4. The maximum Gasteiger partial charge on any atom is 0.220 e. The van der Waals surface area contributed by atoms with E-state index < -0.39 is 0 Å². The van der Waals surface area contributed by atoms with Crippen molar-refractivity contribution in [1.82, 2.24) is 25.5 Å². The van der Waals surface area contributed by atoms with Gasteiger partial charge < -0.3 is 10.1 Å². The van der Waals surface area contributed by atoms with E-state index in [4.69, 9.17) is 4.74 Å². The lowest BCUT2D eigenvalue weighted by molar-refractivity contribution is -0.124. The van der Waals surface area contributed by atoms with Gasteiger partial charge in [-0.1, -0.05) is 19.3 Å². The quantitative estimate of drug-likeness (QED) is 0.857. The van der Waals surface area contributed by atoms with Crippen molar-refractivity contribution in [2.45, 2.75) is 64.0 Å². The molecule has 2 heterocycles. The van der Waals surface area contributed by atoms with Gasteiger partial charge in [-0.2, -0.15) is 0 Å². The Morgan fingerprint density at radius 2 is 2.18 bits per heavy atom. The number of hydrogen-bond acceptors (Lipinski definition) is 5. The summed E-state index contributed by atoms with van der Waals surface area (Å²) in [6, 6.07) is 0. The number of amides is 1. The molecule has 1 aliphatic carbocycles. The monoisotopic (exact) mass is 307 g/mol. The predicted molar refractivity (Wildman–Crippen MR) is 79.9 cm³/mol. The molecule has 3 rings (SSSR count). The minimum atomic E-state index is -0.00571.